The lowest BCUT2D eigenvalue weighted by Gasteiger charge is -2.41. The van der Waals surface area contributed by atoms with Gasteiger partial charge in [0.15, 0.2) is 0 Å². The summed E-state index contributed by atoms with van der Waals surface area (Å²) in [7, 11) is 0. The van der Waals surface area contributed by atoms with Gasteiger partial charge in [-0.2, -0.15) is 0 Å². The summed E-state index contributed by atoms with van der Waals surface area (Å²) in [5.41, 5.74) is 2.34. The Labute approximate surface area is 170 Å². The van der Waals surface area contributed by atoms with Gasteiger partial charge in [-0.05, 0) is 30.4 Å². The van der Waals surface area contributed by atoms with E-state index in [0.29, 0.717) is 6.04 Å². The monoisotopic (exact) mass is 397 g/mol. The Morgan fingerprint density at radius 3 is 2.75 bits per heavy atom. The van der Waals surface area contributed by atoms with Crippen LogP contribution in [0.2, 0.25) is 0 Å². The van der Waals surface area contributed by atoms with Crippen molar-refractivity contribution in [3.8, 4) is 10.8 Å². The molecule has 4 rings (SSSR count). The lowest BCUT2D eigenvalue weighted by molar-refractivity contribution is 0.0492. The summed E-state index contributed by atoms with van der Waals surface area (Å²) in [5, 5.41) is 11.6. The van der Waals surface area contributed by atoms with Gasteiger partial charge in [0.25, 0.3) is 0 Å². The summed E-state index contributed by atoms with van der Waals surface area (Å²) in [6.07, 6.45) is 0.793. The van der Waals surface area contributed by atoms with E-state index < -0.39 is 0 Å². The molecule has 1 atom stereocenters. The smallest absolute Gasteiger partial charge is 0.236 e. The molecule has 1 unspecified atom stereocenters. The predicted octanol–water partition coefficient (Wildman–Crippen LogP) is 3.78. The first kappa shape index (κ1) is 19.3. The zero-order valence-corrected chi connectivity index (χ0v) is 17.1. The summed E-state index contributed by atoms with van der Waals surface area (Å²) < 4.78 is 5.90. The third-order valence-corrected chi connectivity index (χ3v) is 6.24. The van der Waals surface area contributed by atoms with Crippen molar-refractivity contribution < 1.29 is 9.52 Å². The van der Waals surface area contributed by atoms with Gasteiger partial charge in [-0.25, -0.2) is 4.98 Å². The number of benzene rings is 1. The average Bonchev–Trinajstić information content (AvgIpc) is 3.35. The number of rotatable bonds is 7. The van der Waals surface area contributed by atoms with E-state index in [4.69, 9.17) is 9.40 Å². The molecule has 0 radical (unpaired) electrons. The van der Waals surface area contributed by atoms with Crippen molar-refractivity contribution in [3.63, 3.8) is 0 Å². The van der Waals surface area contributed by atoms with Crippen LogP contribution in [0.5, 0.6) is 0 Å². The number of thiophene rings is 1. The number of piperazine rings is 1. The molecule has 1 fully saturated rings. The quantitative estimate of drug-likeness (QED) is 0.658. The maximum absolute atomic E-state index is 9.56. The number of aryl methyl sites for hydroxylation is 1. The summed E-state index contributed by atoms with van der Waals surface area (Å²) >= 11 is 1.65. The zero-order valence-electron chi connectivity index (χ0n) is 16.3. The second-order valence-electron chi connectivity index (χ2n) is 7.36. The van der Waals surface area contributed by atoms with Crippen molar-refractivity contribution in [2.75, 3.05) is 26.2 Å². The number of aromatic nitrogens is 1. The normalized spacial score (nSPS) is 18.6. The van der Waals surface area contributed by atoms with Crippen LogP contribution in [-0.4, -0.2) is 52.2 Å². The zero-order chi connectivity index (χ0) is 19.3. The minimum Gasteiger partial charge on any atom is -0.440 e. The first-order valence-electron chi connectivity index (χ1n) is 9.84. The van der Waals surface area contributed by atoms with Crippen molar-refractivity contribution >= 4 is 11.3 Å². The molecule has 0 spiro atoms. The maximum Gasteiger partial charge on any atom is 0.236 e. The molecular weight excluding hydrogens is 370 g/mol. The molecule has 3 heterocycles. The Bertz CT molecular complexity index is 863. The molecule has 5 nitrogen and oxygen atoms in total. The van der Waals surface area contributed by atoms with Crippen LogP contribution in [0.3, 0.4) is 0 Å². The molecule has 1 N–H and O–H groups in total. The Balaban J connectivity index is 1.41. The number of aliphatic hydroxyl groups excluding tert-OH is 1. The Morgan fingerprint density at radius 2 is 2.00 bits per heavy atom. The average molecular weight is 398 g/mol. The van der Waals surface area contributed by atoms with Crippen LogP contribution >= 0.6 is 11.3 Å². The maximum atomic E-state index is 9.56. The van der Waals surface area contributed by atoms with Crippen LogP contribution in [-0.2, 0) is 13.1 Å². The van der Waals surface area contributed by atoms with Gasteiger partial charge >= 0.3 is 0 Å². The van der Waals surface area contributed by atoms with E-state index in [1.165, 1.54) is 5.56 Å². The second-order valence-corrected chi connectivity index (χ2v) is 8.30. The molecule has 0 aliphatic carbocycles. The highest BCUT2D eigenvalue weighted by atomic mass is 32.1. The van der Waals surface area contributed by atoms with Crippen LogP contribution in [0.25, 0.3) is 10.8 Å². The van der Waals surface area contributed by atoms with Gasteiger partial charge in [0.05, 0.1) is 10.6 Å². The van der Waals surface area contributed by atoms with Gasteiger partial charge in [0.1, 0.15) is 5.76 Å². The minimum absolute atomic E-state index is 0.218. The molecule has 6 heteroatoms. The number of hydrogen-bond acceptors (Lipinski definition) is 6. The number of hydrogen-bond donors (Lipinski definition) is 1. The molecular formula is C22H27N3O2S. The van der Waals surface area contributed by atoms with Gasteiger partial charge < -0.3 is 9.52 Å². The summed E-state index contributed by atoms with van der Waals surface area (Å²) in [5.74, 6) is 1.62. The lowest BCUT2D eigenvalue weighted by Crippen LogP contribution is -2.52. The highest BCUT2D eigenvalue weighted by molar-refractivity contribution is 7.13. The van der Waals surface area contributed by atoms with Gasteiger partial charge in [0, 0.05) is 45.4 Å². The molecule has 1 aliphatic rings. The molecule has 2 aromatic heterocycles. The van der Waals surface area contributed by atoms with Crippen LogP contribution in [0.1, 0.15) is 23.4 Å². The Morgan fingerprint density at radius 1 is 1.14 bits per heavy atom. The van der Waals surface area contributed by atoms with Crippen LogP contribution in [0, 0.1) is 6.92 Å². The fourth-order valence-corrected chi connectivity index (χ4v) is 4.49. The van der Waals surface area contributed by atoms with Crippen molar-refractivity contribution in [2.24, 2.45) is 0 Å². The van der Waals surface area contributed by atoms with E-state index in [-0.39, 0.29) is 6.61 Å². The highest BCUT2D eigenvalue weighted by Gasteiger charge is 2.27. The lowest BCUT2D eigenvalue weighted by atomic mass is 10.1. The summed E-state index contributed by atoms with van der Waals surface area (Å²) in [6, 6.07) is 15.0. The first-order chi connectivity index (χ1) is 13.7. The van der Waals surface area contributed by atoms with E-state index in [9.17, 15) is 5.11 Å². The Hall–Kier alpha value is -1.99. The van der Waals surface area contributed by atoms with Crippen molar-refractivity contribution in [1.29, 1.82) is 0 Å². The molecule has 1 saturated heterocycles. The molecule has 0 saturated carbocycles. The molecule has 0 bridgehead atoms. The van der Waals surface area contributed by atoms with Crippen LogP contribution in [0.15, 0.2) is 52.3 Å². The molecule has 148 valence electrons. The van der Waals surface area contributed by atoms with Gasteiger partial charge in [-0.15, -0.1) is 11.3 Å². The first-order valence-corrected chi connectivity index (χ1v) is 10.7. The van der Waals surface area contributed by atoms with Crippen molar-refractivity contribution in [2.45, 2.75) is 32.5 Å². The third kappa shape index (κ3) is 4.52. The van der Waals surface area contributed by atoms with E-state index in [1.54, 1.807) is 11.3 Å². The Kier molecular flexibility index (Phi) is 6.22. The number of nitrogens with zero attached hydrogens (tertiary/aromatic N) is 3. The highest BCUT2D eigenvalue weighted by Crippen LogP contribution is 2.27. The van der Waals surface area contributed by atoms with Crippen LogP contribution in [0.4, 0.5) is 0 Å². The van der Waals surface area contributed by atoms with E-state index in [2.05, 4.69) is 40.1 Å². The van der Waals surface area contributed by atoms with Gasteiger partial charge in [0.2, 0.25) is 5.89 Å². The molecule has 3 aromatic rings. The fraction of sp³-hybridized carbons (Fsp3) is 0.409. The molecule has 0 amide bonds. The number of aliphatic hydroxyl groups is 1. The van der Waals surface area contributed by atoms with E-state index in [0.717, 1.165) is 61.4 Å². The predicted molar refractivity (Wildman–Crippen MR) is 112 cm³/mol. The minimum atomic E-state index is 0.218. The molecule has 28 heavy (non-hydrogen) atoms. The van der Waals surface area contributed by atoms with Crippen molar-refractivity contribution in [1.82, 2.24) is 14.8 Å². The summed E-state index contributed by atoms with van der Waals surface area (Å²) in [6.45, 7) is 6.87. The van der Waals surface area contributed by atoms with E-state index >= 15 is 0 Å². The SMILES string of the molecule is Cc1oc(-c2cccs2)nc1CN1CCN(Cc2ccccc2)C(CCO)C1. The fourth-order valence-electron chi connectivity index (χ4n) is 3.84. The largest absolute Gasteiger partial charge is 0.440 e. The van der Waals surface area contributed by atoms with Gasteiger partial charge in [-0.1, -0.05) is 36.4 Å². The molecule has 1 aromatic carbocycles. The third-order valence-electron chi connectivity index (χ3n) is 5.38. The van der Waals surface area contributed by atoms with Crippen LogP contribution < -0.4 is 0 Å². The van der Waals surface area contributed by atoms with Gasteiger partial charge in [-0.3, -0.25) is 9.80 Å². The summed E-state index contributed by atoms with van der Waals surface area (Å²) in [4.78, 5) is 10.7. The van der Waals surface area contributed by atoms with Crippen molar-refractivity contribution in [3.05, 3.63) is 64.9 Å². The topological polar surface area (TPSA) is 52.7 Å². The standard InChI is InChI=1S/C22H27N3O2S/c1-17-20(23-22(27-17)21-8-5-13-28-21)16-24-10-11-25(19(15-24)9-12-26)14-18-6-3-2-4-7-18/h2-8,13,19,26H,9-12,14-16H2,1H3. The van der Waals surface area contributed by atoms with E-state index in [1.807, 2.05) is 24.4 Å². The number of oxazole rings is 1. The molecule has 1 aliphatic heterocycles. The second kappa shape index (κ2) is 9.01.